The molecule has 0 saturated carbocycles. The van der Waals surface area contributed by atoms with Gasteiger partial charge in [-0.2, -0.15) is 11.8 Å². The molecule has 2 heterocycles. The normalized spacial score (nSPS) is 26.6. The van der Waals surface area contributed by atoms with Crippen molar-refractivity contribution in [3.63, 3.8) is 0 Å². The highest BCUT2D eigenvalue weighted by molar-refractivity contribution is 7.99. The van der Waals surface area contributed by atoms with E-state index in [1.165, 1.54) is 55.8 Å². The third-order valence-corrected chi connectivity index (χ3v) is 6.44. The molecule has 1 N–H and O–H groups in total. The minimum atomic E-state index is 0.343. The first kappa shape index (κ1) is 15.4. The van der Waals surface area contributed by atoms with E-state index in [-0.39, 0.29) is 0 Å². The van der Waals surface area contributed by atoms with Gasteiger partial charge in [-0.15, -0.1) is 0 Å². The van der Waals surface area contributed by atoms with Gasteiger partial charge in [0.25, 0.3) is 0 Å². The van der Waals surface area contributed by atoms with Crippen molar-refractivity contribution < 1.29 is 0 Å². The third-order valence-electron chi connectivity index (χ3n) is 5.22. The maximum Gasteiger partial charge on any atom is 0.0158 e. The molecule has 2 aliphatic heterocycles. The summed E-state index contributed by atoms with van der Waals surface area (Å²) in [6, 6.07) is 11.9. The first-order valence-electron chi connectivity index (χ1n) is 8.34. The fourth-order valence-electron chi connectivity index (χ4n) is 3.65. The van der Waals surface area contributed by atoms with Crippen LogP contribution in [0.15, 0.2) is 30.3 Å². The standard InChI is InChI=1S/C18H28N2S/c1-20-11-9-18(10-12-20,16-6-3-2-4-7-16)15-19-17-8-5-13-21-14-17/h2-4,6-7,17,19H,5,8-15H2,1H3/t17-/m0/s1. The molecule has 2 saturated heterocycles. The summed E-state index contributed by atoms with van der Waals surface area (Å²) in [5.41, 5.74) is 1.88. The molecule has 3 heteroatoms. The van der Waals surface area contributed by atoms with Crippen molar-refractivity contribution in [2.45, 2.75) is 37.1 Å². The van der Waals surface area contributed by atoms with Crippen LogP contribution in [0, 0.1) is 0 Å². The number of piperidine rings is 1. The minimum Gasteiger partial charge on any atom is -0.312 e. The molecule has 1 aromatic carbocycles. The zero-order valence-electron chi connectivity index (χ0n) is 13.2. The van der Waals surface area contributed by atoms with Crippen molar-refractivity contribution >= 4 is 11.8 Å². The fraction of sp³-hybridized carbons (Fsp3) is 0.667. The smallest absolute Gasteiger partial charge is 0.0158 e. The molecule has 0 bridgehead atoms. The molecule has 0 aromatic heterocycles. The number of nitrogens with one attached hydrogen (secondary N) is 1. The van der Waals surface area contributed by atoms with Crippen LogP contribution in [0.5, 0.6) is 0 Å². The molecule has 0 amide bonds. The van der Waals surface area contributed by atoms with Gasteiger partial charge >= 0.3 is 0 Å². The van der Waals surface area contributed by atoms with Gasteiger partial charge in [-0.1, -0.05) is 30.3 Å². The molecule has 0 spiro atoms. The topological polar surface area (TPSA) is 15.3 Å². The summed E-state index contributed by atoms with van der Waals surface area (Å²) in [4.78, 5) is 2.47. The molecule has 3 rings (SSSR count). The summed E-state index contributed by atoms with van der Waals surface area (Å²) in [6.07, 6.45) is 5.29. The molecule has 1 atom stereocenters. The number of hydrogen-bond donors (Lipinski definition) is 1. The van der Waals surface area contributed by atoms with E-state index in [0.717, 1.165) is 12.6 Å². The van der Waals surface area contributed by atoms with Crippen molar-refractivity contribution in [3.8, 4) is 0 Å². The maximum absolute atomic E-state index is 3.91. The van der Waals surface area contributed by atoms with Crippen LogP contribution in [0.25, 0.3) is 0 Å². The Kier molecular flexibility index (Phi) is 5.25. The lowest BCUT2D eigenvalue weighted by Gasteiger charge is -2.42. The molecule has 0 aliphatic carbocycles. The van der Waals surface area contributed by atoms with Crippen molar-refractivity contribution in [1.29, 1.82) is 0 Å². The highest BCUT2D eigenvalue weighted by atomic mass is 32.2. The molecule has 0 unspecified atom stereocenters. The van der Waals surface area contributed by atoms with E-state index in [1.807, 2.05) is 0 Å². The van der Waals surface area contributed by atoms with E-state index >= 15 is 0 Å². The number of rotatable bonds is 4. The highest BCUT2D eigenvalue weighted by Crippen LogP contribution is 2.35. The summed E-state index contributed by atoms with van der Waals surface area (Å²) in [6.45, 7) is 3.59. The van der Waals surface area contributed by atoms with Gasteiger partial charge in [0.2, 0.25) is 0 Å². The SMILES string of the molecule is CN1CCC(CN[C@H]2CCCSC2)(c2ccccc2)CC1. The second kappa shape index (κ2) is 7.17. The fourth-order valence-corrected chi connectivity index (χ4v) is 4.75. The second-order valence-electron chi connectivity index (χ2n) is 6.74. The van der Waals surface area contributed by atoms with E-state index in [0.29, 0.717) is 5.41 Å². The Morgan fingerprint density at radius 1 is 1.24 bits per heavy atom. The molecule has 21 heavy (non-hydrogen) atoms. The van der Waals surface area contributed by atoms with Crippen LogP contribution in [-0.4, -0.2) is 49.1 Å². The average molecular weight is 305 g/mol. The Morgan fingerprint density at radius 2 is 2.00 bits per heavy atom. The van der Waals surface area contributed by atoms with Crippen LogP contribution in [0.2, 0.25) is 0 Å². The summed E-state index contributed by atoms with van der Waals surface area (Å²) < 4.78 is 0. The Hall–Kier alpha value is -0.510. The van der Waals surface area contributed by atoms with E-state index in [4.69, 9.17) is 0 Å². The molecule has 1 aromatic rings. The number of nitrogens with zero attached hydrogens (tertiary/aromatic N) is 1. The van der Waals surface area contributed by atoms with Crippen LogP contribution in [0.3, 0.4) is 0 Å². The highest BCUT2D eigenvalue weighted by Gasteiger charge is 2.35. The monoisotopic (exact) mass is 304 g/mol. The predicted octanol–water partition coefficient (Wildman–Crippen LogP) is 3.14. The van der Waals surface area contributed by atoms with Gasteiger partial charge in [0.05, 0.1) is 0 Å². The first-order chi connectivity index (χ1) is 10.3. The van der Waals surface area contributed by atoms with E-state index < -0.39 is 0 Å². The largest absolute Gasteiger partial charge is 0.312 e. The predicted molar refractivity (Wildman–Crippen MR) is 93.2 cm³/mol. The Bertz CT molecular complexity index is 420. The van der Waals surface area contributed by atoms with Gasteiger partial charge in [0, 0.05) is 23.8 Å². The molecule has 0 radical (unpaired) electrons. The van der Waals surface area contributed by atoms with Crippen molar-refractivity contribution in [2.24, 2.45) is 0 Å². The van der Waals surface area contributed by atoms with Crippen LogP contribution in [0.1, 0.15) is 31.2 Å². The summed E-state index contributed by atoms with van der Waals surface area (Å²) in [5, 5.41) is 3.91. The maximum atomic E-state index is 3.91. The Balaban J connectivity index is 1.70. The lowest BCUT2D eigenvalue weighted by molar-refractivity contribution is 0.179. The number of likely N-dealkylation sites (tertiary alicyclic amines) is 1. The van der Waals surface area contributed by atoms with Crippen molar-refractivity contribution in [2.75, 3.05) is 38.2 Å². The lowest BCUT2D eigenvalue weighted by atomic mass is 9.72. The summed E-state index contributed by atoms with van der Waals surface area (Å²) in [7, 11) is 2.25. The molecule has 2 aliphatic rings. The second-order valence-corrected chi connectivity index (χ2v) is 7.89. The van der Waals surface area contributed by atoms with E-state index in [1.54, 1.807) is 0 Å². The van der Waals surface area contributed by atoms with Crippen molar-refractivity contribution in [3.05, 3.63) is 35.9 Å². The van der Waals surface area contributed by atoms with Gasteiger partial charge in [0.1, 0.15) is 0 Å². The van der Waals surface area contributed by atoms with Crippen LogP contribution >= 0.6 is 11.8 Å². The number of benzene rings is 1. The van der Waals surface area contributed by atoms with Crippen LogP contribution < -0.4 is 5.32 Å². The summed E-state index contributed by atoms with van der Waals surface area (Å²) >= 11 is 2.11. The van der Waals surface area contributed by atoms with Crippen molar-refractivity contribution in [1.82, 2.24) is 10.2 Å². The van der Waals surface area contributed by atoms with Gasteiger partial charge in [-0.25, -0.2) is 0 Å². The zero-order valence-corrected chi connectivity index (χ0v) is 14.0. The zero-order chi connectivity index (χ0) is 14.5. The number of thioether (sulfide) groups is 1. The van der Waals surface area contributed by atoms with Gasteiger partial charge in [0.15, 0.2) is 0 Å². The molecule has 116 valence electrons. The van der Waals surface area contributed by atoms with Gasteiger partial charge < -0.3 is 10.2 Å². The molecular weight excluding hydrogens is 276 g/mol. The van der Waals surface area contributed by atoms with Gasteiger partial charge in [-0.3, -0.25) is 0 Å². The van der Waals surface area contributed by atoms with Crippen LogP contribution in [0.4, 0.5) is 0 Å². The Morgan fingerprint density at radius 3 is 2.67 bits per heavy atom. The lowest BCUT2D eigenvalue weighted by Crippen LogP contribution is -2.49. The van der Waals surface area contributed by atoms with Crippen LogP contribution in [-0.2, 0) is 5.41 Å². The Labute approximate surface area is 133 Å². The molecule has 2 nitrogen and oxygen atoms in total. The third kappa shape index (κ3) is 3.82. The number of hydrogen-bond acceptors (Lipinski definition) is 3. The quantitative estimate of drug-likeness (QED) is 0.920. The average Bonchev–Trinajstić information content (AvgIpc) is 2.57. The summed E-state index contributed by atoms with van der Waals surface area (Å²) in [5.74, 6) is 2.65. The van der Waals surface area contributed by atoms with E-state index in [2.05, 4.69) is 59.4 Å². The first-order valence-corrected chi connectivity index (χ1v) is 9.49. The molecular formula is C18H28N2S. The van der Waals surface area contributed by atoms with E-state index in [9.17, 15) is 0 Å². The minimum absolute atomic E-state index is 0.343. The van der Waals surface area contributed by atoms with Gasteiger partial charge in [-0.05, 0) is 57.1 Å². The molecule has 2 fully saturated rings.